The fourth-order valence-corrected chi connectivity index (χ4v) is 4.42. The van der Waals surface area contributed by atoms with E-state index in [1.54, 1.807) is 11.0 Å². The Morgan fingerprint density at radius 1 is 1.18 bits per heavy atom. The van der Waals surface area contributed by atoms with Crippen LogP contribution in [0.1, 0.15) is 37.8 Å². The summed E-state index contributed by atoms with van der Waals surface area (Å²) in [5, 5.41) is -0.374. The number of carbonyl (C=O) groups excluding carboxylic acids is 3. The van der Waals surface area contributed by atoms with Crippen LogP contribution >= 0.6 is 11.8 Å². The maximum atomic E-state index is 12.7. The highest BCUT2D eigenvalue weighted by Crippen LogP contribution is 2.33. The fraction of sp³-hybridized carbons (Fsp3) is 0.476. The normalized spacial score (nSPS) is 18.5. The molecule has 0 aliphatic carbocycles. The third kappa shape index (κ3) is 4.24. The molecule has 0 atom stereocenters. The minimum absolute atomic E-state index is 0.152. The Morgan fingerprint density at radius 2 is 1.86 bits per heavy atom. The van der Waals surface area contributed by atoms with Crippen molar-refractivity contribution in [2.75, 3.05) is 37.6 Å². The number of aryl methyl sites for hydroxylation is 1. The van der Waals surface area contributed by atoms with Crippen LogP contribution in [0.3, 0.4) is 0 Å². The predicted octanol–water partition coefficient (Wildman–Crippen LogP) is 3.50. The molecule has 2 aliphatic heterocycles. The van der Waals surface area contributed by atoms with Crippen LogP contribution in [0.5, 0.6) is 0 Å². The summed E-state index contributed by atoms with van der Waals surface area (Å²) in [6, 6.07) is 6.11. The standard InChI is InChI=1S/C21H27N3O3S/c1-4-22(5-2)17-9-8-16(15(3)12-17)13-18-20(26)24(21(27)28-18)14-19(25)23-10-6-7-11-23/h8-9,12-13H,4-7,10-11,14H2,1-3H3/b18-13+. The number of hydrogen-bond acceptors (Lipinski definition) is 5. The first kappa shape index (κ1) is 20.5. The molecular formula is C21H27N3O3S. The summed E-state index contributed by atoms with van der Waals surface area (Å²) in [5.41, 5.74) is 3.10. The Morgan fingerprint density at radius 3 is 2.46 bits per heavy atom. The lowest BCUT2D eigenvalue weighted by molar-refractivity contribution is -0.135. The zero-order chi connectivity index (χ0) is 20.3. The Bertz CT molecular complexity index is 811. The summed E-state index contributed by atoms with van der Waals surface area (Å²) in [4.78, 5) is 42.7. The van der Waals surface area contributed by atoms with Crippen LogP contribution in [0.2, 0.25) is 0 Å². The summed E-state index contributed by atoms with van der Waals surface area (Å²) < 4.78 is 0. The number of amides is 3. The number of thioether (sulfide) groups is 1. The average molecular weight is 402 g/mol. The van der Waals surface area contributed by atoms with Crippen LogP contribution in [0.25, 0.3) is 6.08 Å². The van der Waals surface area contributed by atoms with E-state index in [0.717, 1.165) is 59.4 Å². The van der Waals surface area contributed by atoms with Crippen LogP contribution in [0, 0.1) is 6.92 Å². The summed E-state index contributed by atoms with van der Waals surface area (Å²) in [5.74, 6) is -0.532. The first-order chi connectivity index (χ1) is 13.4. The van der Waals surface area contributed by atoms with Crippen molar-refractivity contribution in [1.82, 2.24) is 9.80 Å². The van der Waals surface area contributed by atoms with Gasteiger partial charge in [-0.3, -0.25) is 19.3 Å². The second kappa shape index (κ2) is 8.82. The van der Waals surface area contributed by atoms with Crippen LogP contribution < -0.4 is 4.90 Å². The van der Waals surface area contributed by atoms with E-state index in [1.165, 1.54) is 0 Å². The predicted molar refractivity (Wildman–Crippen MR) is 113 cm³/mol. The number of hydrogen-bond donors (Lipinski definition) is 0. The number of carbonyl (C=O) groups is 3. The number of likely N-dealkylation sites (tertiary alicyclic amines) is 1. The molecule has 6 nitrogen and oxygen atoms in total. The fourth-order valence-electron chi connectivity index (χ4n) is 3.59. The van der Waals surface area contributed by atoms with Crippen molar-refractivity contribution in [2.45, 2.75) is 33.6 Å². The highest BCUT2D eigenvalue weighted by atomic mass is 32.2. The molecule has 7 heteroatoms. The first-order valence-electron chi connectivity index (χ1n) is 9.83. The van der Waals surface area contributed by atoms with Gasteiger partial charge in [0.15, 0.2) is 0 Å². The largest absolute Gasteiger partial charge is 0.372 e. The van der Waals surface area contributed by atoms with E-state index >= 15 is 0 Å². The van der Waals surface area contributed by atoms with E-state index in [2.05, 4.69) is 24.8 Å². The second-order valence-electron chi connectivity index (χ2n) is 7.07. The van der Waals surface area contributed by atoms with Gasteiger partial charge in [-0.2, -0.15) is 0 Å². The maximum Gasteiger partial charge on any atom is 0.294 e. The van der Waals surface area contributed by atoms with Crippen molar-refractivity contribution in [3.63, 3.8) is 0 Å². The molecule has 3 rings (SSSR count). The van der Waals surface area contributed by atoms with Gasteiger partial charge in [-0.25, -0.2) is 0 Å². The molecule has 0 radical (unpaired) electrons. The topological polar surface area (TPSA) is 60.9 Å². The third-order valence-corrected chi connectivity index (χ3v) is 6.20. The van der Waals surface area contributed by atoms with Crippen molar-refractivity contribution >= 4 is 40.6 Å². The van der Waals surface area contributed by atoms with Gasteiger partial charge in [-0.1, -0.05) is 6.07 Å². The molecule has 0 saturated carbocycles. The zero-order valence-corrected chi connectivity index (χ0v) is 17.6. The number of imide groups is 1. The minimum Gasteiger partial charge on any atom is -0.372 e. The number of benzene rings is 1. The van der Waals surface area contributed by atoms with Gasteiger partial charge in [0, 0.05) is 31.9 Å². The summed E-state index contributed by atoms with van der Waals surface area (Å²) >= 11 is 0.907. The molecule has 1 aromatic carbocycles. The van der Waals surface area contributed by atoms with Crippen molar-refractivity contribution in [3.8, 4) is 0 Å². The maximum absolute atomic E-state index is 12.7. The molecule has 28 heavy (non-hydrogen) atoms. The van der Waals surface area contributed by atoms with Gasteiger partial charge in [0.1, 0.15) is 6.54 Å². The van der Waals surface area contributed by atoms with Crippen molar-refractivity contribution < 1.29 is 14.4 Å². The van der Waals surface area contributed by atoms with E-state index in [9.17, 15) is 14.4 Å². The molecule has 2 fully saturated rings. The molecular weight excluding hydrogens is 374 g/mol. The second-order valence-corrected chi connectivity index (χ2v) is 8.06. The van der Waals surface area contributed by atoms with E-state index in [0.29, 0.717) is 18.0 Å². The first-order valence-corrected chi connectivity index (χ1v) is 10.6. The quantitative estimate of drug-likeness (QED) is 0.683. The molecule has 150 valence electrons. The van der Waals surface area contributed by atoms with Crippen molar-refractivity contribution in [2.24, 2.45) is 0 Å². The Hall–Kier alpha value is -2.28. The van der Waals surface area contributed by atoms with Gasteiger partial charge >= 0.3 is 0 Å². The summed E-state index contributed by atoms with van der Waals surface area (Å²) in [7, 11) is 0. The van der Waals surface area contributed by atoms with Crippen LogP contribution in [0.4, 0.5) is 10.5 Å². The lowest BCUT2D eigenvalue weighted by Crippen LogP contribution is -2.40. The zero-order valence-electron chi connectivity index (χ0n) is 16.7. The minimum atomic E-state index is -0.380. The van der Waals surface area contributed by atoms with Gasteiger partial charge in [-0.05, 0) is 74.7 Å². The number of nitrogens with zero attached hydrogens (tertiary/aromatic N) is 3. The molecule has 2 aliphatic rings. The van der Waals surface area contributed by atoms with Crippen molar-refractivity contribution in [3.05, 3.63) is 34.2 Å². The van der Waals surface area contributed by atoms with Gasteiger partial charge < -0.3 is 9.80 Å². The molecule has 0 unspecified atom stereocenters. The van der Waals surface area contributed by atoms with Gasteiger partial charge in [-0.15, -0.1) is 0 Å². The molecule has 0 bridgehead atoms. The lowest BCUT2D eigenvalue weighted by Gasteiger charge is -2.21. The summed E-state index contributed by atoms with van der Waals surface area (Å²) in [6.07, 6.45) is 3.72. The number of anilines is 1. The van der Waals surface area contributed by atoms with E-state index in [1.807, 2.05) is 19.1 Å². The molecule has 0 N–H and O–H groups in total. The molecule has 1 aromatic rings. The Labute approximate surface area is 170 Å². The molecule has 0 aromatic heterocycles. The molecule has 2 saturated heterocycles. The van der Waals surface area contributed by atoms with E-state index in [4.69, 9.17) is 0 Å². The highest BCUT2D eigenvalue weighted by molar-refractivity contribution is 8.18. The lowest BCUT2D eigenvalue weighted by atomic mass is 10.1. The van der Waals surface area contributed by atoms with Gasteiger partial charge in [0.05, 0.1) is 4.91 Å². The SMILES string of the molecule is CCN(CC)c1ccc(/C=C2/SC(=O)N(CC(=O)N3CCCC3)C2=O)c(C)c1. The smallest absolute Gasteiger partial charge is 0.294 e. The van der Waals surface area contributed by atoms with Crippen LogP contribution in [-0.2, 0) is 9.59 Å². The Balaban J connectivity index is 1.75. The number of rotatable bonds is 6. The van der Waals surface area contributed by atoms with Crippen LogP contribution in [0.15, 0.2) is 23.1 Å². The van der Waals surface area contributed by atoms with Gasteiger partial charge in [0.2, 0.25) is 5.91 Å². The van der Waals surface area contributed by atoms with Gasteiger partial charge in [0.25, 0.3) is 11.1 Å². The van der Waals surface area contributed by atoms with Crippen LogP contribution in [-0.4, -0.2) is 59.6 Å². The molecule has 2 heterocycles. The average Bonchev–Trinajstić information content (AvgIpc) is 3.30. The van der Waals surface area contributed by atoms with E-state index < -0.39 is 0 Å². The monoisotopic (exact) mass is 401 g/mol. The highest BCUT2D eigenvalue weighted by Gasteiger charge is 2.37. The van der Waals surface area contributed by atoms with Crippen molar-refractivity contribution in [1.29, 1.82) is 0 Å². The third-order valence-electron chi connectivity index (χ3n) is 5.29. The molecule has 0 spiro atoms. The molecule has 3 amide bonds. The summed E-state index contributed by atoms with van der Waals surface area (Å²) in [6.45, 7) is 9.35. The van der Waals surface area contributed by atoms with E-state index in [-0.39, 0.29) is 23.6 Å². The Kier molecular flexibility index (Phi) is 6.44.